The number of amides is 1. The number of halogens is 1. The highest BCUT2D eigenvalue weighted by molar-refractivity contribution is 6.31. The van der Waals surface area contributed by atoms with E-state index in [4.69, 9.17) is 16.7 Å². The molecule has 4 aromatic rings. The van der Waals surface area contributed by atoms with Gasteiger partial charge in [-0.05, 0) is 35.4 Å². The number of H-pyrrole nitrogens is 1. The van der Waals surface area contributed by atoms with Crippen molar-refractivity contribution in [2.45, 2.75) is 13.0 Å². The van der Waals surface area contributed by atoms with Gasteiger partial charge in [-0.25, -0.2) is 9.78 Å². The second kappa shape index (κ2) is 8.45. The number of rotatable bonds is 6. The number of fused-ring (bicyclic) bond motifs is 1. The molecule has 0 atom stereocenters. The third-order valence-electron chi connectivity index (χ3n) is 4.83. The lowest BCUT2D eigenvalue weighted by Gasteiger charge is -2.12. The lowest BCUT2D eigenvalue weighted by Crippen LogP contribution is -2.25. The highest BCUT2D eigenvalue weighted by Crippen LogP contribution is 2.22. The Balaban J connectivity index is 1.56. The van der Waals surface area contributed by atoms with Crippen molar-refractivity contribution in [2.24, 2.45) is 0 Å². The van der Waals surface area contributed by atoms with E-state index >= 15 is 0 Å². The molecule has 3 N–H and O–H groups in total. The van der Waals surface area contributed by atoms with Gasteiger partial charge in [0.2, 0.25) is 5.91 Å². The molecule has 2 aromatic heterocycles. The van der Waals surface area contributed by atoms with Crippen molar-refractivity contribution in [3.05, 3.63) is 93.3 Å². The van der Waals surface area contributed by atoms with E-state index in [0.29, 0.717) is 21.5 Å². The Bertz CT molecular complexity index is 1350. The SMILES string of the molecule is O=C(Cc1ccccc1-n1ccnc1)NCc1cc(Cl)cc2cc(C(=O)O)c(=O)[nH]c12. The van der Waals surface area contributed by atoms with Crippen LogP contribution in [0.25, 0.3) is 16.6 Å². The minimum atomic E-state index is -1.32. The first kappa shape index (κ1) is 20.4. The first-order valence-corrected chi connectivity index (χ1v) is 9.72. The van der Waals surface area contributed by atoms with E-state index in [-0.39, 0.29) is 24.4 Å². The molecule has 2 aromatic carbocycles. The van der Waals surface area contributed by atoms with Crippen LogP contribution in [0.2, 0.25) is 5.02 Å². The molecule has 1 amide bonds. The smallest absolute Gasteiger partial charge is 0.341 e. The van der Waals surface area contributed by atoms with Gasteiger partial charge in [0.05, 0.1) is 24.0 Å². The lowest BCUT2D eigenvalue weighted by atomic mass is 10.1. The molecule has 9 heteroatoms. The highest BCUT2D eigenvalue weighted by Gasteiger charge is 2.14. The zero-order valence-corrected chi connectivity index (χ0v) is 16.9. The van der Waals surface area contributed by atoms with E-state index in [2.05, 4.69) is 15.3 Å². The summed E-state index contributed by atoms with van der Waals surface area (Å²) in [6, 6.07) is 12.0. The zero-order chi connectivity index (χ0) is 22.0. The van der Waals surface area contributed by atoms with Crippen LogP contribution in [0.5, 0.6) is 0 Å². The number of carboxylic acid groups (broad SMARTS) is 1. The summed E-state index contributed by atoms with van der Waals surface area (Å²) in [6.07, 6.45) is 5.28. The Morgan fingerprint density at radius 3 is 2.71 bits per heavy atom. The van der Waals surface area contributed by atoms with Crippen molar-refractivity contribution in [1.82, 2.24) is 19.9 Å². The molecule has 156 valence electrons. The molecule has 0 aliphatic rings. The van der Waals surface area contributed by atoms with Gasteiger partial charge in [-0.1, -0.05) is 29.8 Å². The summed E-state index contributed by atoms with van der Waals surface area (Å²) in [7, 11) is 0. The summed E-state index contributed by atoms with van der Waals surface area (Å²) in [5.74, 6) is -1.54. The lowest BCUT2D eigenvalue weighted by molar-refractivity contribution is -0.120. The minimum absolute atomic E-state index is 0.117. The fraction of sp³-hybridized carbons (Fsp3) is 0.0909. The van der Waals surface area contributed by atoms with Crippen LogP contribution in [0.4, 0.5) is 0 Å². The number of aromatic carboxylic acids is 1. The minimum Gasteiger partial charge on any atom is -0.477 e. The van der Waals surface area contributed by atoms with Crippen molar-refractivity contribution in [3.63, 3.8) is 0 Å². The molecular formula is C22H17ClN4O4. The van der Waals surface area contributed by atoms with Crippen LogP contribution in [0.15, 0.2) is 66.0 Å². The maximum atomic E-state index is 12.6. The topological polar surface area (TPSA) is 117 Å². The average Bonchev–Trinajstić information content (AvgIpc) is 3.27. The normalized spacial score (nSPS) is 10.9. The summed E-state index contributed by atoms with van der Waals surface area (Å²) in [5.41, 5.74) is 1.60. The van der Waals surface area contributed by atoms with Gasteiger partial charge >= 0.3 is 5.97 Å². The van der Waals surface area contributed by atoms with E-state index in [1.807, 2.05) is 28.8 Å². The molecule has 0 spiro atoms. The molecule has 0 unspecified atom stereocenters. The predicted molar refractivity (Wildman–Crippen MR) is 116 cm³/mol. The third kappa shape index (κ3) is 4.34. The summed E-state index contributed by atoms with van der Waals surface area (Å²) < 4.78 is 1.83. The maximum Gasteiger partial charge on any atom is 0.341 e. The fourth-order valence-corrected chi connectivity index (χ4v) is 3.65. The summed E-state index contributed by atoms with van der Waals surface area (Å²) in [5, 5.41) is 12.8. The van der Waals surface area contributed by atoms with Gasteiger partial charge in [-0.3, -0.25) is 9.59 Å². The Kier molecular flexibility index (Phi) is 5.55. The van der Waals surface area contributed by atoms with Crippen molar-refractivity contribution >= 4 is 34.4 Å². The van der Waals surface area contributed by atoms with Crippen LogP contribution in [0.1, 0.15) is 21.5 Å². The maximum absolute atomic E-state index is 12.6. The number of hydrogen-bond donors (Lipinski definition) is 3. The molecule has 0 saturated heterocycles. The largest absolute Gasteiger partial charge is 0.477 e. The Morgan fingerprint density at radius 2 is 1.97 bits per heavy atom. The molecule has 0 radical (unpaired) electrons. The Labute approximate surface area is 181 Å². The van der Waals surface area contributed by atoms with E-state index in [9.17, 15) is 14.4 Å². The first-order valence-electron chi connectivity index (χ1n) is 9.34. The zero-order valence-electron chi connectivity index (χ0n) is 16.1. The summed E-state index contributed by atoms with van der Waals surface area (Å²) in [4.78, 5) is 42.5. The Morgan fingerprint density at radius 1 is 1.16 bits per heavy atom. The number of hydrogen-bond acceptors (Lipinski definition) is 4. The number of benzene rings is 2. The number of nitrogens with one attached hydrogen (secondary N) is 2. The number of para-hydroxylation sites is 1. The predicted octanol–water partition coefficient (Wildman–Crippen LogP) is 2.92. The number of carboxylic acids is 1. The van der Waals surface area contributed by atoms with E-state index in [0.717, 1.165) is 11.3 Å². The van der Waals surface area contributed by atoms with Gasteiger partial charge in [0, 0.05) is 29.3 Å². The number of nitrogens with zero attached hydrogens (tertiary/aromatic N) is 2. The van der Waals surface area contributed by atoms with Crippen molar-refractivity contribution in [3.8, 4) is 5.69 Å². The molecule has 0 fully saturated rings. The van der Waals surface area contributed by atoms with Gasteiger partial charge in [0.1, 0.15) is 5.56 Å². The van der Waals surface area contributed by atoms with Gasteiger partial charge in [0.25, 0.3) is 5.56 Å². The van der Waals surface area contributed by atoms with Gasteiger partial charge < -0.3 is 20.0 Å². The number of aromatic amines is 1. The monoisotopic (exact) mass is 436 g/mol. The molecule has 0 bridgehead atoms. The van der Waals surface area contributed by atoms with Crippen molar-refractivity contribution < 1.29 is 14.7 Å². The molecule has 0 aliphatic carbocycles. The van der Waals surface area contributed by atoms with Gasteiger partial charge in [0.15, 0.2) is 0 Å². The van der Waals surface area contributed by atoms with Crippen LogP contribution in [0, 0.1) is 0 Å². The van der Waals surface area contributed by atoms with Crippen LogP contribution in [0.3, 0.4) is 0 Å². The van der Waals surface area contributed by atoms with E-state index in [1.165, 1.54) is 6.07 Å². The second-order valence-electron chi connectivity index (χ2n) is 6.90. The highest BCUT2D eigenvalue weighted by atomic mass is 35.5. The second-order valence-corrected chi connectivity index (χ2v) is 7.34. The fourth-order valence-electron chi connectivity index (χ4n) is 3.40. The molecule has 31 heavy (non-hydrogen) atoms. The van der Waals surface area contributed by atoms with Crippen LogP contribution in [-0.4, -0.2) is 31.5 Å². The molecular weight excluding hydrogens is 420 g/mol. The summed E-state index contributed by atoms with van der Waals surface area (Å²) in [6.45, 7) is 0.117. The molecule has 0 saturated carbocycles. The number of carbonyl (C=O) groups excluding carboxylic acids is 1. The van der Waals surface area contributed by atoms with Crippen LogP contribution in [-0.2, 0) is 17.8 Å². The number of imidazole rings is 1. The molecule has 4 rings (SSSR count). The molecule has 2 heterocycles. The quantitative estimate of drug-likeness (QED) is 0.429. The van der Waals surface area contributed by atoms with Crippen LogP contribution >= 0.6 is 11.6 Å². The van der Waals surface area contributed by atoms with Gasteiger partial charge in [-0.15, -0.1) is 0 Å². The van der Waals surface area contributed by atoms with Crippen molar-refractivity contribution in [2.75, 3.05) is 0 Å². The first-order chi connectivity index (χ1) is 14.9. The van der Waals surface area contributed by atoms with Gasteiger partial charge in [-0.2, -0.15) is 0 Å². The Hall–Kier alpha value is -3.91. The average molecular weight is 437 g/mol. The standard InChI is InChI=1S/C22H17ClN4O4/c23-16-7-14-9-17(22(30)31)21(29)26-20(14)15(8-16)11-25-19(28)10-13-3-1-2-4-18(13)27-6-5-24-12-27/h1-9,12H,10-11H2,(H,25,28)(H,26,29)(H,30,31). The molecule has 0 aliphatic heterocycles. The summed E-state index contributed by atoms with van der Waals surface area (Å²) >= 11 is 6.16. The molecule has 8 nitrogen and oxygen atoms in total. The number of carbonyl (C=O) groups is 2. The van der Waals surface area contributed by atoms with Crippen LogP contribution < -0.4 is 10.9 Å². The number of aromatic nitrogens is 3. The van der Waals surface area contributed by atoms with E-state index in [1.54, 1.807) is 30.9 Å². The third-order valence-corrected chi connectivity index (χ3v) is 5.05. The van der Waals surface area contributed by atoms with Crippen molar-refractivity contribution in [1.29, 1.82) is 0 Å². The number of pyridine rings is 1. The van der Waals surface area contributed by atoms with E-state index < -0.39 is 11.5 Å².